The van der Waals surface area contributed by atoms with E-state index in [4.69, 9.17) is 9.47 Å². The van der Waals surface area contributed by atoms with Gasteiger partial charge in [0.15, 0.2) is 11.5 Å². The largest absolute Gasteiger partial charge is 0.493 e. The van der Waals surface area contributed by atoms with Gasteiger partial charge in [0.05, 0.1) is 37.1 Å². The van der Waals surface area contributed by atoms with Crippen LogP contribution in [0.15, 0.2) is 83.1 Å². The van der Waals surface area contributed by atoms with Gasteiger partial charge in [0, 0.05) is 43.6 Å². The van der Waals surface area contributed by atoms with Crippen LogP contribution in [0.5, 0.6) is 11.5 Å². The molecule has 10 nitrogen and oxygen atoms in total. The lowest BCUT2D eigenvalue weighted by Crippen LogP contribution is -2.47. The minimum absolute atomic E-state index is 0.142. The number of benzene rings is 3. The van der Waals surface area contributed by atoms with Crippen molar-refractivity contribution >= 4 is 38.9 Å². The van der Waals surface area contributed by atoms with Crippen LogP contribution in [0.3, 0.4) is 0 Å². The Balaban J connectivity index is 1.23. The van der Waals surface area contributed by atoms with E-state index in [9.17, 15) is 18.0 Å². The highest BCUT2D eigenvalue weighted by Crippen LogP contribution is 2.41. The number of thiophene rings is 1. The molecule has 3 heterocycles. The van der Waals surface area contributed by atoms with E-state index in [0.29, 0.717) is 41.0 Å². The Bertz CT molecular complexity index is 1920. The fraction of sp³-hybridized carbons (Fsp3) is 0.351. The molecule has 0 bridgehead atoms. The van der Waals surface area contributed by atoms with Crippen LogP contribution in [-0.4, -0.2) is 77.0 Å². The highest BCUT2D eigenvalue weighted by atomic mass is 32.2. The molecule has 1 aromatic heterocycles. The number of hydrogen-bond donors (Lipinski definition) is 1. The smallest absolute Gasteiger partial charge is 0.264 e. The highest BCUT2D eigenvalue weighted by molar-refractivity contribution is 7.91. The maximum Gasteiger partial charge on any atom is 0.264 e. The maximum absolute atomic E-state index is 14.4. The Kier molecular flexibility index (Phi) is 10.4. The number of fused-ring (bicyclic) bond motifs is 1. The van der Waals surface area contributed by atoms with E-state index in [1.165, 1.54) is 28.9 Å². The van der Waals surface area contributed by atoms with Crippen LogP contribution in [0, 0.1) is 6.92 Å². The minimum Gasteiger partial charge on any atom is -0.493 e. The predicted octanol–water partition coefficient (Wildman–Crippen LogP) is 6.05. The molecule has 0 spiro atoms. The van der Waals surface area contributed by atoms with Crippen molar-refractivity contribution in [2.75, 3.05) is 51.8 Å². The highest BCUT2D eigenvalue weighted by Gasteiger charge is 2.43. The molecule has 12 heteroatoms. The number of nitrogens with zero attached hydrogens (tertiary/aromatic N) is 3. The standard InChI is InChI=1S/C37H42N4O6S2/c1-25-15-18-34(48-25)49(44,45)38-19-9-14-30(28-16-17-32(46-3)33(24-28)47-4)41-36(42)29-12-8-13-31(35(29)37(41)43)40-22-20-39(21-23-40)26(2)27-10-6-5-7-11-27/h5-8,10-13,15-18,24,26,30,38H,9,14,19-23H2,1-4H3/t26-,30-/m1/s1. The van der Waals surface area contributed by atoms with Gasteiger partial charge in [-0.05, 0) is 74.2 Å². The van der Waals surface area contributed by atoms with Gasteiger partial charge in [0.2, 0.25) is 10.0 Å². The van der Waals surface area contributed by atoms with Crippen molar-refractivity contribution < 1.29 is 27.5 Å². The third-order valence-electron chi connectivity index (χ3n) is 9.44. The van der Waals surface area contributed by atoms with E-state index >= 15 is 0 Å². The molecule has 1 saturated heterocycles. The first-order valence-corrected chi connectivity index (χ1v) is 18.8. The van der Waals surface area contributed by atoms with E-state index in [1.807, 2.05) is 31.2 Å². The van der Waals surface area contributed by atoms with Crippen LogP contribution in [0.4, 0.5) is 5.69 Å². The molecule has 0 unspecified atom stereocenters. The van der Waals surface area contributed by atoms with Crippen LogP contribution in [0.25, 0.3) is 0 Å². The fourth-order valence-electron chi connectivity index (χ4n) is 6.76. The number of ether oxygens (including phenoxy) is 2. The Morgan fingerprint density at radius 3 is 2.24 bits per heavy atom. The number of piperazine rings is 1. The molecule has 4 aromatic rings. The van der Waals surface area contributed by atoms with Crippen LogP contribution >= 0.6 is 11.3 Å². The molecular weight excluding hydrogens is 661 g/mol. The number of sulfonamides is 1. The number of carbonyl (C=O) groups is 2. The van der Waals surface area contributed by atoms with E-state index in [2.05, 4.69) is 45.7 Å². The van der Waals surface area contributed by atoms with Gasteiger partial charge in [-0.3, -0.25) is 19.4 Å². The second-order valence-corrected chi connectivity index (χ2v) is 15.6. The Morgan fingerprint density at radius 1 is 0.837 bits per heavy atom. The summed E-state index contributed by atoms with van der Waals surface area (Å²) in [5.41, 5.74) is 3.51. The van der Waals surface area contributed by atoms with Crippen molar-refractivity contribution in [3.8, 4) is 11.5 Å². The van der Waals surface area contributed by atoms with E-state index in [0.717, 1.165) is 36.7 Å². The lowest BCUT2D eigenvalue weighted by Gasteiger charge is -2.39. The van der Waals surface area contributed by atoms with Gasteiger partial charge in [-0.25, -0.2) is 13.1 Å². The molecule has 2 aliphatic heterocycles. The molecule has 49 heavy (non-hydrogen) atoms. The molecule has 2 aliphatic rings. The lowest BCUT2D eigenvalue weighted by atomic mass is 9.99. The lowest BCUT2D eigenvalue weighted by molar-refractivity contribution is 0.0572. The van der Waals surface area contributed by atoms with Crippen molar-refractivity contribution in [3.05, 3.63) is 106 Å². The first-order valence-electron chi connectivity index (χ1n) is 16.5. The molecule has 1 fully saturated rings. The van der Waals surface area contributed by atoms with Crippen LogP contribution < -0.4 is 19.1 Å². The summed E-state index contributed by atoms with van der Waals surface area (Å²) >= 11 is 1.21. The van der Waals surface area contributed by atoms with E-state index < -0.39 is 16.1 Å². The van der Waals surface area contributed by atoms with Gasteiger partial charge in [-0.2, -0.15) is 0 Å². The van der Waals surface area contributed by atoms with Crippen LogP contribution in [0.1, 0.15) is 68.6 Å². The minimum atomic E-state index is -3.67. The van der Waals surface area contributed by atoms with Crippen molar-refractivity contribution in [1.29, 1.82) is 0 Å². The summed E-state index contributed by atoms with van der Waals surface area (Å²) in [6, 6.07) is 24.2. The van der Waals surface area contributed by atoms with Gasteiger partial charge < -0.3 is 14.4 Å². The second kappa shape index (κ2) is 14.7. The first kappa shape index (κ1) is 34.6. The van der Waals surface area contributed by atoms with Gasteiger partial charge in [0.25, 0.3) is 11.8 Å². The molecule has 6 rings (SSSR count). The molecule has 0 aliphatic carbocycles. The molecular formula is C37H42N4O6S2. The molecule has 2 amide bonds. The monoisotopic (exact) mass is 702 g/mol. The third-order valence-corrected chi connectivity index (χ3v) is 12.4. The average molecular weight is 703 g/mol. The van der Waals surface area contributed by atoms with Crippen LogP contribution in [0.2, 0.25) is 0 Å². The number of carbonyl (C=O) groups excluding carboxylic acids is 2. The quantitative estimate of drug-likeness (QED) is 0.133. The number of aryl methyl sites for hydroxylation is 1. The van der Waals surface area contributed by atoms with E-state index in [-0.39, 0.29) is 28.6 Å². The number of methoxy groups -OCH3 is 2. The topological polar surface area (TPSA) is 108 Å². The summed E-state index contributed by atoms with van der Waals surface area (Å²) < 4.78 is 39.7. The van der Waals surface area contributed by atoms with Gasteiger partial charge in [-0.1, -0.05) is 42.5 Å². The van der Waals surface area contributed by atoms with Gasteiger partial charge in [0.1, 0.15) is 4.21 Å². The van der Waals surface area contributed by atoms with Gasteiger partial charge >= 0.3 is 0 Å². The number of nitrogens with one attached hydrogen (secondary N) is 1. The van der Waals surface area contributed by atoms with Crippen molar-refractivity contribution in [1.82, 2.24) is 14.5 Å². The Labute approximate surface area is 292 Å². The van der Waals surface area contributed by atoms with E-state index in [1.54, 1.807) is 37.4 Å². The number of hydrogen-bond acceptors (Lipinski definition) is 9. The summed E-state index contributed by atoms with van der Waals surface area (Å²) in [5, 5.41) is 0. The molecule has 0 radical (unpaired) electrons. The normalized spacial score (nSPS) is 16.5. The summed E-state index contributed by atoms with van der Waals surface area (Å²) in [4.78, 5) is 35.4. The summed E-state index contributed by atoms with van der Waals surface area (Å²) in [6.07, 6.45) is 0.711. The zero-order valence-electron chi connectivity index (χ0n) is 28.2. The molecule has 0 saturated carbocycles. The number of amides is 2. The summed E-state index contributed by atoms with van der Waals surface area (Å²) in [7, 11) is -0.594. The SMILES string of the molecule is COc1ccc([C@@H](CCCNS(=O)(=O)c2ccc(C)s2)N2C(=O)c3cccc(N4CCN([C@H](C)c5ccccc5)CC4)c3C2=O)cc1OC. The molecule has 2 atom stereocenters. The summed E-state index contributed by atoms with van der Waals surface area (Å²) in [6.45, 7) is 7.30. The average Bonchev–Trinajstić information content (AvgIpc) is 3.69. The number of imide groups is 1. The fourth-order valence-corrected chi connectivity index (χ4v) is 9.16. The van der Waals surface area contributed by atoms with Crippen LogP contribution in [-0.2, 0) is 10.0 Å². The van der Waals surface area contributed by atoms with Crippen molar-refractivity contribution in [3.63, 3.8) is 0 Å². The zero-order valence-corrected chi connectivity index (χ0v) is 29.9. The molecule has 1 N–H and O–H groups in total. The first-order chi connectivity index (χ1) is 23.6. The zero-order chi connectivity index (χ0) is 34.7. The second-order valence-electron chi connectivity index (χ2n) is 12.3. The third kappa shape index (κ3) is 7.09. The Hall–Kier alpha value is -4.23. The Morgan fingerprint density at radius 2 is 1.57 bits per heavy atom. The molecule has 258 valence electrons. The van der Waals surface area contributed by atoms with Crippen molar-refractivity contribution in [2.45, 2.75) is 43.0 Å². The molecule has 3 aromatic carbocycles. The number of anilines is 1. The maximum atomic E-state index is 14.4. The predicted molar refractivity (Wildman–Crippen MR) is 191 cm³/mol. The number of rotatable bonds is 13. The van der Waals surface area contributed by atoms with Gasteiger partial charge in [-0.15, -0.1) is 11.3 Å². The summed E-state index contributed by atoms with van der Waals surface area (Å²) in [5.74, 6) is 0.269. The van der Waals surface area contributed by atoms with Crippen molar-refractivity contribution in [2.24, 2.45) is 0 Å².